The zero-order chi connectivity index (χ0) is 13.7. The summed E-state index contributed by atoms with van der Waals surface area (Å²) in [6, 6.07) is 3.72. The van der Waals surface area contributed by atoms with Gasteiger partial charge in [0.2, 0.25) is 5.91 Å². The molecule has 5 nitrogen and oxygen atoms in total. The van der Waals surface area contributed by atoms with Crippen LogP contribution in [0.1, 0.15) is 25.1 Å². The fourth-order valence-corrected chi connectivity index (χ4v) is 1.33. The number of rotatable bonds is 4. The molecule has 0 bridgehead atoms. The van der Waals surface area contributed by atoms with Crippen LogP contribution in [-0.4, -0.2) is 22.0 Å². The number of hydrogen-bond acceptors (Lipinski definition) is 3. The number of pyridine rings is 1. The molecule has 0 aliphatic carbocycles. The molecule has 0 aromatic carbocycles. The van der Waals surface area contributed by atoms with Gasteiger partial charge in [-0.25, -0.2) is 4.79 Å². The third kappa shape index (κ3) is 3.41. The summed E-state index contributed by atoms with van der Waals surface area (Å²) in [6.07, 6.45) is 1.65. The minimum atomic E-state index is -1.09. The van der Waals surface area contributed by atoms with Crippen molar-refractivity contribution >= 4 is 11.9 Å². The van der Waals surface area contributed by atoms with Gasteiger partial charge in [-0.1, -0.05) is 6.07 Å². The monoisotopic (exact) mass is 248 g/mol. The smallest absolute Gasteiger partial charge is 0.331 e. The number of nitrogens with one attached hydrogen (secondary N) is 1. The Labute approximate surface area is 106 Å². The van der Waals surface area contributed by atoms with Crippen molar-refractivity contribution in [3.05, 3.63) is 40.7 Å². The summed E-state index contributed by atoms with van der Waals surface area (Å²) < 4.78 is 0. The number of carboxylic acids is 1. The standard InChI is InChI=1S/C13H16N2O3/c1-8-5-4-6-14-11(8)7-15-12(16)9(2)10(3)13(17)18/h4-6H,7H2,1-3H3,(H,15,16)(H,17,18). The maximum absolute atomic E-state index is 11.7. The van der Waals surface area contributed by atoms with Crippen molar-refractivity contribution in [2.45, 2.75) is 27.3 Å². The number of carbonyl (C=O) groups is 2. The SMILES string of the molecule is CC(C(=O)O)=C(C)C(=O)NCc1ncccc1C. The van der Waals surface area contributed by atoms with Gasteiger partial charge in [-0.05, 0) is 32.4 Å². The number of aromatic nitrogens is 1. The molecular weight excluding hydrogens is 232 g/mol. The summed E-state index contributed by atoms with van der Waals surface area (Å²) in [5, 5.41) is 11.4. The van der Waals surface area contributed by atoms with Crippen molar-refractivity contribution in [2.75, 3.05) is 0 Å². The number of aliphatic carboxylic acids is 1. The molecule has 0 fully saturated rings. The molecule has 18 heavy (non-hydrogen) atoms. The molecular formula is C13H16N2O3. The van der Waals surface area contributed by atoms with E-state index in [0.717, 1.165) is 11.3 Å². The number of carboxylic acid groups (broad SMARTS) is 1. The molecule has 1 rings (SSSR count). The second-order valence-corrected chi connectivity index (χ2v) is 4.00. The summed E-state index contributed by atoms with van der Waals surface area (Å²) in [6.45, 7) is 5.09. The molecule has 0 spiro atoms. The van der Waals surface area contributed by atoms with Crippen molar-refractivity contribution in [2.24, 2.45) is 0 Å². The molecule has 0 radical (unpaired) electrons. The largest absolute Gasteiger partial charge is 0.478 e. The molecule has 96 valence electrons. The van der Waals surface area contributed by atoms with E-state index in [4.69, 9.17) is 5.11 Å². The quantitative estimate of drug-likeness (QED) is 0.790. The highest BCUT2D eigenvalue weighted by Crippen LogP contribution is 2.06. The minimum absolute atomic E-state index is 0.0465. The highest BCUT2D eigenvalue weighted by Gasteiger charge is 2.12. The summed E-state index contributed by atoms with van der Waals surface area (Å²) in [4.78, 5) is 26.6. The highest BCUT2D eigenvalue weighted by atomic mass is 16.4. The van der Waals surface area contributed by atoms with E-state index in [2.05, 4.69) is 10.3 Å². The van der Waals surface area contributed by atoms with E-state index in [9.17, 15) is 9.59 Å². The van der Waals surface area contributed by atoms with Gasteiger partial charge in [0.1, 0.15) is 0 Å². The Kier molecular flexibility index (Phi) is 4.59. The topological polar surface area (TPSA) is 79.3 Å². The predicted molar refractivity (Wildman–Crippen MR) is 66.8 cm³/mol. The van der Waals surface area contributed by atoms with Crippen LogP contribution in [0.4, 0.5) is 0 Å². The Hall–Kier alpha value is -2.17. The molecule has 0 aliphatic heterocycles. The molecule has 1 amide bonds. The number of hydrogen-bond donors (Lipinski definition) is 2. The van der Waals surface area contributed by atoms with Crippen LogP contribution in [0.2, 0.25) is 0 Å². The molecule has 0 aliphatic rings. The molecule has 1 heterocycles. The van der Waals surface area contributed by atoms with Crippen LogP contribution in [0.15, 0.2) is 29.5 Å². The van der Waals surface area contributed by atoms with Crippen LogP contribution < -0.4 is 5.32 Å². The van der Waals surface area contributed by atoms with Crippen LogP contribution in [0.5, 0.6) is 0 Å². The zero-order valence-corrected chi connectivity index (χ0v) is 10.7. The van der Waals surface area contributed by atoms with Crippen molar-refractivity contribution in [3.63, 3.8) is 0 Å². The second-order valence-electron chi connectivity index (χ2n) is 4.00. The van der Waals surface area contributed by atoms with E-state index in [1.807, 2.05) is 19.1 Å². The van der Waals surface area contributed by atoms with Gasteiger partial charge in [0, 0.05) is 17.3 Å². The summed E-state index contributed by atoms with van der Waals surface area (Å²) in [5.74, 6) is -1.48. The maximum Gasteiger partial charge on any atom is 0.331 e. The molecule has 0 saturated heterocycles. The van der Waals surface area contributed by atoms with Gasteiger partial charge in [-0.3, -0.25) is 9.78 Å². The van der Waals surface area contributed by atoms with Gasteiger partial charge in [0.15, 0.2) is 0 Å². The third-order valence-corrected chi connectivity index (χ3v) is 2.76. The molecule has 5 heteroatoms. The van der Waals surface area contributed by atoms with Gasteiger partial charge in [0.25, 0.3) is 0 Å². The molecule has 0 saturated carbocycles. The number of amides is 1. The summed E-state index contributed by atoms with van der Waals surface area (Å²) in [5.41, 5.74) is 2.00. The van der Waals surface area contributed by atoms with Crippen molar-refractivity contribution in [1.29, 1.82) is 0 Å². The van der Waals surface area contributed by atoms with Crippen LogP contribution in [-0.2, 0) is 16.1 Å². The number of nitrogens with zero attached hydrogens (tertiary/aromatic N) is 1. The van der Waals surface area contributed by atoms with E-state index in [1.165, 1.54) is 13.8 Å². The van der Waals surface area contributed by atoms with E-state index in [1.54, 1.807) is 6.20 Å². The van der Waals surface area contributed by atoms with Crippen LogP contribution in [0.3, 0.4) is 0 Å². The van der Waals surface area contributed by atoms with E-state index in [-0.39, 0.29) is 23.6 Å². The lowest BCUT2D eigenvalue weighted by Crippen LogP contribution is -2.26. The van der Waals surface area contributed by atoms with Crippen molar-refractivity contribution in [3.8, 4) is 0 Å². The van der Waals surface area contributed by atoms with Gasteiger partial charge in [-0.2, -0.15) is 0 Å². The Morgan fingerprint density at radius 1 is 1.33 bits per heavy atom. The van der Waals surface area contributed by atoms with E-state index in [0.29, 0.717) is 0 Å². The van der Waals surface area contributed by atoms with Crippen LogP contribution >= 0.6 is 0 Å². The summed E-state index contributed by atoms with van der Waals surface area (Å²) >= 11 is 0. The Balaban J connectivity index is 2.71. The number of carbonyl (C=O) groups excluding carboxylic acids is 1. The van der Waals surface area contributed by atoms with Gasteiger partial charge >= 0.3 is 5.97 Å². The second kappa shape index (κ2) is 5.95. The third-order valence-electron chi connectivity index (χ3n) is 2.76. The van der Waals surface area contributed by atoms with Crippen molar-refractivity contribution in [1.82, 2.24) is 10.3 Å². The molecule has 1 aromatic heterocycles. The minimum Gasteiger partial charge on any atom is -0.478 e. The average molecular weight is 248 g/mol. The molecule has 1 aromatic rings. The fourth-order valence-electron chi connectivity index (χ4n) is 1.33. The van der Waals surface area contributed by atoms with Gasteiger partial charge in [-0.15, -0.1) is 0 Å². The lowest BCUT2D eigenvalue weighted by atomic mass is 10.1. The van der Waals surface area contributed by atoms with E-state index >= 15 is 0 Å². The Morgan fingerprint density at radius 2 is 2.00 bits per heavy atom. The lowest BCUT2D eigenvalue weighted by Gasteiger charge is -2.08. The van der Waals surface area contributed by atoms with Gasteiger partial charge < -0.3 is 10.4 Å². The molecule has 0 atom stereocenters. The van der Waals surface area contributed by atoms with E-state index < -0.39 is 5.97 Å². The lowest BCUT2D eigenvalue weighted by molar-refractivity contribution is -0.133. The first-order chi connectivity index (χ1) is 8.43. The van der Waals surface area contributed by atoms with Gasteiger partial charge in [0.05, 0.1) is 12.2 Å². The average Bonchev–Trinajstić information content (AvgIpc) is 2.35. The maximum atomic E-state index is 11.7. The van der Waals surface area contributed by atoms with Crippen molar-refractivity contribution < 1.29 is 14.7 Å². The first-order valence-corrected chi connectivity index (χ1v) is 5.53. The summed E-state index contributed by atoms with van der Waals surface area (Å²) in [7, 11) is 0. The number of aryl methyl sites for hydroxylation is 1. The highest BCUT2D eigenvalue weighted by molar-refractivity contribution is 6.01. The predicted octanol–water partition coefficient (Wildman–Crippen LogP) is 1.43. The fraction of sp³-hybridized carbons (Fsp3) is 0.308. The molecule has 0 unspecified atom stereocenters. The Bertz CT molecular complexity index is 507. The first kappa shape index (κ1) is 13.9. The first-order valence-electron chi connectivity index (χ1n) is 5.53. The Morgan fingerprint density at radius 3 is 2.56 bits per heavy atom. The molecule has 2 N–H and O–H groups in total. The normalized spacial score (nSPS) is 11.7. The van der Waals surface area contributed by atoms with Crippen LogP contribution in [0, 0.1) is 6.92 Å². The van der Waals surface area contributed by atoms with Crippen LogP contribution in [0.25, 0.3) is 0 Å². The zero-order valence-electron chi connectivity index (χ0n) is 10.7.